The molecule has 1 aliphatic rings. The van der Waals surface area contributed by atoms with Gasteiger partial charge in [-0.1, -0.05) is 0 Å². The van der Waals surface area contributed by atoms with E-state index < -0.39 is 0 Å². The smallest absolute Gasteiger partial charge is 0.152 e. The number of rotatable bonds is 2. The Bertz CT molecular complexity index is 643. The van der Waals surface area contributed by atoms with Crippen LogP contribution in [0.1, 0.15) is 6.42 Å². The molecule has 0 saturated carbocycles. The number of aliphatic hydroxyl groups is 1. The zero-order valence-corrected chi connectivity index (χ0v) is 11.7. The number of hydrogen-bond donors (Lipinski definition) is 2. The highest BCUT2D eigenvalue weighted by molar-refractivity contribution is 5.84. The topological polar surface area (TPSA) is 78.5 Å². The van der Waals surface area contributed by atoms with Gasteiger partial charge in [-0.3, -0.25) is 0 Å². The first-order valence-electron chi connectivity index (χ1n) is 6.72. The summed E-state index contributed by atoms with van der Waals surface area (Å²) in [6, 6.07) is 5.76. The third kappa shape index (κ3) is 2.22. The van der Waals surface area contributed by atoms with E-state index in [1.807, 2.05) is 37.2 Å². The first-order valence-corrected chi connectivity index (χ1v) is 6.72. The van der Waals surface area contributed by atoms with Crippen molar-refractivity contribution in [2.24, 2.45) is 0 Å². The van der Waals surface area contributed by atoms with Crippen LogP contribution >= 0.6 is 0 Å². The summed E-state index contributed by atoms with van der Waals surface area (Å²) in [5.41, 5.74) is 8.24. The lowest BCUT2D eigenvalue weighted by Gasteiger charge is -2.18. The Labute approximate surface area is 117 Å². The summed E-state index contributed by atoms with van der Waals surface area (Å²) in [6.07, 6.45) is 0.534. The van der Waals surface area contributed by atoms with Crippen LogP contribution in [-0.4, -0.2) is 48.4 Å². The van der Waals surface area contributed by atoms with Gasteiger partial charge in [-0.05, 0) is 24.6 Å². The number of aliphatic hydroxyl groups excluding tert-OH is 1. The Kier molecular flexibility index (Phi) is 3.10. The number of nitrogens with two attached hydrogens (primary N) is 1. The predicted octanol–water partition coefficient (Wildman–Crippen LogP) is 0.849. The number of nitrogen functional groups attached to an aromatic ring is 1. The second kappa shape index (κ2) is 4.79. The van der Waals surface area contributed by atoms with E-state index in [9.17, 15) is 5.11 Å². The molecule has 1 fully saturated rings. The number of pyridine rings is 2. The maximum absolute atomic E-state index is 9.61. The molecule has 1 unspecified atom stereocenters. The van der Waals surface area contributed by atoms with Gasteiger partial charge in [0.05, 0.1) is 22.8 Å². The summed E-state index contributed by atoms with van der Waals surface area (Å²) >= 11 is 0. The van der Waals surface area contributed by atoms with Crippen molar-refractivity contribution >= 4 is 28.4 Å². The average Bonchev–Trinajstić information content (AvgIpc) is 2.83. The van der Waals surface area contributed by atoms with E-state index >= 15 is 0 Å². The maximum atomic E-state index is 9.61. The second-order valence-electron chi connectivity index (χ2n) is 5.39. The van der Waals surface area contributed by atoms with Crippen molar-refractivity contribution in [3.05, 3.63) is 18.2 Å². The molecule has 0 aromatic carbocycles. The standard InChI is InChI=1S/C14H19N5O/c1-18(2)14-10(15)7-12-11(17-14)3-4-13(16-12)19-6-5-9(20)8-19/h3-4,7,9,20H,5-6,8,15H2,1-2H3. The molecule has 2 aromatic rings. The largest absolute Gasteiger partial charge is 0.396 e. The van der Waals surface area contributed by atoms with Crippen molar-refractivity contribution in [3.63, 3.8) is 0 Å². The summed E-state index contributed by atoms with van der Waals surface area (Å²) in [7, 11) is 3.83. The van der Waals surface area contributed by atoms with Crippen LogP contribution in [-0.2, 0) is 0 Å². The van der Waals surface area contributed by atoms with E-state index in [2.05, 4.69) is 14.9 Å². The van der Waals surface area contributed by atoms with Crippen LogP contribution in [0.15, 0.2) is 18.2 Å². The summed E-state index contributed by atoms with van der Waals surface area (Å²) in [6.45, 7) is 1.47. The van der Waals surface area contributed by atoms with Crippen LogP contribution in [0.2, 0.25) is 0 Å². The molecule has 6 heteroatoms. The Balaban J connectivity index is 2.01. The molecule has 1 aliphatic heterocycles. The first-order chi connectivity index (χ1) is 9.54. The molecule has 0 spiro atoms. The Hall–Kier alpha value is -2.08. The van der Waals surface area contributed by atoms with Gasteiger partial charge in [-0.2, -0.15) is 0 Å². The highest BCUT2D eigenvalue weighted by Gasteiger charge is 2.21. The predicted molar refractivity (Wildman–Crippen MR) is 81.1 cm³/mol. The quantitative estimate of drug-likeness (QED) is 0.844. The van der Waals surface area contributed by atoms with E-state index in [1.54, 1.807) is 0 Å². The Morgan fingerprint density at radius 3 is 2.75 bits per heavy atom. The van der Waals surface area contributed by atoms with Crippen LogP contribution in [0, 0.1) is 0 Å². The maximum Gasteiger partial charge on any atom is 0.152 e. The van der Waals surface area contributed by atoms with Crippen LogP contribution < -0.4 is 15.5 Å². The van der Waals surface area contributed by atoms with Gasteiger partial charge in [0.1, 0.15) is 5.82 Å². The van der Waals surface area contributed by atoms with Gasteiger partial charge in [0.15, 0.2) is 5.82 Å². The average molecular weight is 273 g/mol. The number of anilines is 3. The lowest BCUT2D eigenvalue weighted by molar-refractivity contribution is 0.198. The van der Waals surface area contributed by atoms with Crippen LogP contribution in [0.3, 0.4) is 0 Å². The fourth-order valence-corrected chi connectivity index (χ4v) is 2.53. The van der Waals surface area contributed by atoms with Crippen molar-refractivity contribution in [2.75, 3.05) is 42.7 Å². The molecule has 3 N–H and O–H groups in total. The molecular formula is C14H19N5O. The molecule has 106 valence electrons. The third-order valence-corrected chi connectivity index (χ3v) is 3.58. The molecule has 3 heterocycles. The molecule has 0 aliphatic carbocycles. The van der Waals surface area contributed by atoms with Gasteiger partial charge in [0, 0.05) is 27.2 Å². The molecule has 0 radical (unpaired) electrons. The van der Waals surface area contributed by atoms with Gasteiger partial charge in [-0.15, -0.1) is 0 Å². The minimum absolute atomic E-state index is 0.258. The number of nitrogens with zero attached hydrogens (tertiary/aromatic N) is 4. The normalized spacial score (nSPS) is 18.8. The van der Waals surface area contributed by atoms with Crippen molar-refractivity contribution in [1.29, 1.82) is 0 Å². The zero-order valence-electron chi connectivity index (χ0n) is 11.7. The van der Waals surface area contributed by atoms with E-state index in [0.29, 0.717) is 12.2 Å². The van der Waals surface area contributed by atoms with Crippen molar-refractivity contribution < 1.29 is 5.11 Å². The Morgan fingerprint density at radius 2 is 2.10 bits per heavy atom. The lowest BCUT2D eigenvalue weighted by atomic mass is 10.2. The minimum atomic E-state index is -0.258. The van der Waals surface area contributed by atoms with Gasteiger partial charge < -0.3 is 20.6 Å². The number of β-amino-alcohol motifs (C(OH)–C–C–N with tert-alkyl or cyclic N) is 1. The molecule has 1 saturated heterocycles. The van der Waals surface area contributed by atoms with E-state index in [1.165, 1.54) is 0 Å². The highest BCUT2D eigenvalue weighted by Crippen LogP contribution is 2.26. The van der Waals surface area contributed by atoms with E-state index in [0.717, 1.165) is 35.6 Å². The van der Waals surface area contributed by atoms with Crippen LogP contribution in [0.25, 0.3) is 11.0 Å². The van der Waals surface area contributed by atoms with Gasteiger partial charge in [0.25, 0.3) is 0 Å². The summed E-state index contributed by atoms with van der Waals surface area (Å²) in [5.74, 6) is 1.62. The van der Waals surface area contributed by atoms with Crippen molar-refractivity contribution in [1.82, 2.24) is 9.97 Å². The number of aromatic nitrogens is 2. The molecular weight excluding hydrogens is 254 g/mol. The summed E-state index contributed by atoms with van der Waals surface area (Å²) in [5, 5.41) is 9.61. The fraction of sp³-hybridized carbons (Fsp3) is 0.429. The van der Waals surface area contributed by atoms with Crippen LogP contribution in [0.5, 0.6) is 0 Å². The molecule has 2 aromatic heterocycles. The van der Waals surface area contributed by atoms with Gasteiger partial charge in [0.2, 0.25) is 0 Å². The molecule has 6 nitrogen and oxygen atoms in total. The van der Waals surface area contributed by atoms with Gasteiger partial charge >= 0.3 is 0 Å². The molecule has 1 atom stereocenters. The van der Waals surface area contributed by atoms with Crippen molar-refractivity contribution in [3.8, 4) is 0 Å². The lowest BCUT2D eigenvalue weighted by Crippen LogP contribution is -2.22. The molecule has 3 rings (SSSR count). The Morgan fingerprint density at radius 1 is 1.30 bits per heavy atom. The second-order valence-corrected chi connectivity index (χ2v) is 5.39. The fourth-order valence-electron chi connectivity index (χ4n) is 2.53. The van der Waals surface area contributed by atoms with Gasteiger partial charge in [-0.25, -0.2) is 9.97 Å². The first kappa shape index (κ1) is 12.9. The van der Waals surface area contributed by atoms with Crippen LogP contribution in [0.4, 0.5) is 17.3 Å². The SMILES string of the molecule is CN(C)c1nc2ccc(N3CCC(O)C3)nc2cc1N. The minimum Gasteiger partial charge on any atom is -0.396 e. The monoisotopic (exact) mass is 273 g/mol. The third-order valence-electron chi connectivity index (χ3n) is 3.58. The molecule has 20 heavy (non-hydrogen) atoms. The zero-order chi connectivity index (χ0) is 14.3. The summed E-state index contributed by atoms with van der Waals surface area (Å²) in [4.78, 5) is 13.1. The summed E-state index contributed by atoms with van der Waals surface area (Å²) < 4.78 is 0. The molecule has 0 bridgehead atoms. The highest BCUT2D eigenvalue weighted by atomic mass is 16.3. The van der Waals surface area contributed by atoms with Crippen molar-refractivity contribution in [2.45, 2.75) is 12.5 Å². The van der Waals surface area contributed by atoms with E-state index in [4.69, 9.17) is 5.73 Å². The van der Waals surface area contributed by atoms with E-state index in [-0.39, 0.29) is 6.10 Å². The number of fused-ring (bicyclic) bond motifs is 1. The number of hydrogen-bond acceptors (Lipinski definition) is 6. The molecule has 0 amide bonds.